The van der Waals surface area contributed by atoms with Gasteiger partial charge in [0.15, 0.2) is 0 Å². The molecular formula is C16H26O3. The van der Waals surface area contributed by atoms with Crippen LogP contribution >= 0.6 is 0 Å². The molecule has 0 aromatic carbocycles. The minimum absolute atomic E-state index is 0.0254. The van der Waals surface area contributed by atoms with E-state index < -0.39 is 0 Å². The van der Waals surface area contributed by atoms with Crippen molar-refractivity contribution >= 4 is 5.97 Å². The average Bonchev–Trinajstić information content (AvgIpc) is 2.38. The maximum atomic E-state index is 11.5. The zero-order chi connectivity index (χ0) is 13.8. The summed E-state index contributed by atoms with van der Waals surface area (Å²) in [6.07, 6.45) is 16.7. The first-order valence-corrected chi connectivity index (χ1v) is 7.44. The summed E-state index contributed by atoms with van der Waals surface area (Å²) in [4.78, 5) is 11.5. The first kappa shape index (κ1) is 15.8. The maximum Gasteiger partial charge on any atom is 0.310 e. The molecule has 3 nitrogen and oxygen atoms in total. The van der Waals surface area contributed by atoms with E-state index in [0.717, 1.165) is 19.3 Å². The van der Waals surface area contributed by atoms with Gasteiger partial charge in [0.1, 0.15) is 0 Å². The molecule has 0 saturated carbocycles. The predicted molar refractivity (Wildman–Crippen MR) is 76.5 cm³/mol. The number of carbonyl (C=O) groups is 1. The summed E-state index contributed by atoms with van der Waals surface area (Å²) in [7, 11) is 0. The van der Waals surface area contributed by atoms with Crippen molar-refractivity contribution in [2.45, 2.75) is 70.8 Å². The SMILES string of the molecule is CC1CCCCCCCC/C=C/O/C=C\CC(=O)O1. The van der Waals surface area contributed by atoms with E-state index in [-0.39, 0.29) is 18.5 Å². The molecule has 1 aliphatic heterocycles. The number of ether oxygens (including phenoxy) is 2. The number of hydrogen-bond acceptors (Lipinski definition) is 3. The molecule has 0 bridgehead atoms. The van der Waals surface area contributed by atoms with Gasteiger partial charge < -0.3 is 9.47 Å². The Labute approximate surface area is 116 Å². The second kappa shape index (κ2) is 10.7. The molecule has 3 heteroatoms. The van der Waals surface area contributed by atoms with Crippen LogP contribution in [0.3, 0.4) is 0 Å². The van der Waals surface area contributed by atoms with E-state index in [1.54, 1.807) is 18.6 Å². The molecule has 19 heavy (non-hydrogen) atoms. The smallest absolute Gasteiger partial charge is 0.310 e. The molecule has 0 saturated heterocycles. The van der Waals surface area contributed by atoms with Gasteiger partial charge in [-0.3, -0.25) is 4.79 Å². The topological polar surface area (TPSA) is 35.5 Å². The zero-order valence-electron chi connectivity index (χ0n) is 12.0. The zero-order valence-corrected chi connectivity index (χ0v) is 12.0. The summed E-state index contributed by atoms with van der Waals surface area (Å²) in [6.45, 7) is 1.97. The Bertz CT molecular complexity index is 294. The second-order valence-corrected chi connectivity index (χ2v) is 5.08. The third-order valence-electron chi connectivity index (χ3n) is 3.20. The van der Waals surface area contributed by atoms with E-state index in [0.29, 0.717) is 0 Å². The lowest BCUT2D eigenvalue weighted by molar-refractivity contribution is -0.147. The van der Waals surface area contributed by atoms with Crippen LogP contribution < -0.4 is 0 Å². The molecule has 1 aliphatic rings. The Morgan fingerprint density at radius 1 is 1.00 bits per heavy atom. The molecule has 0 N–H and O–H groups in total. The van der Waals surface area contributed by atoms with Crippen LogP contribution in [0.15, 0.2) is 24.7 Å². The normalized spacial score (nSPS) is 27.6. The van der Waals surface area contributed by atoms with Crippen LogP contribution in [-0.4, -0.2) is 12.1 Å². The van der Waals surface area contributed by atoms with Crippen LogP contribution in [0, 0.1) is 0 Å². The van der Waals surface area contributed by atoms with E-state index in [4.69, 9.17) is 9.47 Å². The van der Waals surface area contributed by atoms with Crippen LogP contribution in [0.2, 0.25) is 0 Å². The third-order valence-corrected chi connectivity index (χ3v) is 3.20. The van der Waals surface area contributed by atoms with Gasteiger partial charge in [0.2, 0.25) is 0 Å². The summed E-state index contributed by atoms with van der Waals surface area (Å²) in [5.41, 5.74) is 0. The number of hydrogen-bond donors (Lipinski definition) is 0. The first-order chi connectivity index (χ1) is 9.29. The number of allylic oxidation sites excluding steroid dienone is 1. The molecule has 1 rings (SSSR count). The molecule has 0 spiro atoms. The minimum Gasteiger partial charge on any atom is -0.473 e. The fourth-order valence-electron chi connectivity index (χ4n) is 2.10. The molecule has 1 unspecified atom stereocenters. The van der Waals surface area contributed by atoms with Crippen molar-refractivity contribution in [3.05, 3.63) is 24.7 Å². The van der Waals surface area contributed by atoms with E-state index in [1.807, 2.05) is 13.0 Å². The lowest BCUT2D eigenvalue weighted by Crippen LogP contribution is -2.14. The summed E-state index contributed by atoms with van der Waals surface area (Å²) in [5, 5.41) is 0. The van der Waals surface area contributed by atoms with Gasteiger partial charge in [0.25, 0.3) is 0 Å². The van der Waals surface area contributed by atoms with Gasteiger partial charge in [-0.05, 0) is 44.8 Å². The van der Waals surface area contributed by atoms with Crippen molar-refractivity contribution in [3.8, 4) is 0 Å². The minimum atomic E-state index is -0.180. The van der Waals surface area contributed by atoms with Crippen LogP contribution in [0.4, 0.5) is 0 Å². The molecule has 0 radical (unpaired) electrons. The Hall–Kier alpha value is -1.25. The summed E-state index contributed by atoms with van der Waals surface area (Å²) >= 11 is 0. The summed E-state index contributed by atoms with van der Waals surface area (Å²) in [6, 6.07) is 0. The van der Waals surface area contributed by atoms with Crippen molar-refractivity contribution in [2.24, 2.45) is 0 Å². The lowest BCUT2D eigenvalue weighted by atomic mass is 10.1. The predicted octanol–water partition coefficient (Wildman–Crippen LogP) is 4.49. The van der Waals surface area contributed by atoms with E-state index in [2.05, 4.69) is 0 Å². The Balaban J connectivity index is 2.34. The van der Waals surface area contributed by atoms with Crippen molar-refractivity contribution in [3.63, 3.8) is 0 Å². The van der Waals surface area contributed by atoms with Crippen molar-refractivity contribution < 1.29 is 14.3 Å². The fraction of sp³-hybridized carbons (Fsp3) is 0.688. The monoisotopic (exact) mass is 266 g/mol. The fourth-order valence-corrected chi connectivity index (χ4v) is 2.10. The lowest BCUT2D eigenvalue weighted by Gasteiger charge is -2.12. The number of carbonyl (C=O) groups excluding carboxylic acids is 1. The molecule has 0 amide bonds. The molecule has 1 atom stereocenters. The van der Waals surface area contributed by atoms with Crippen LogP contribution in [0.5, 0.6) is 0 Å². The highest BCUT2D eigenvalue weighted by Gasteiger charge is 2.07. The van der Waals surface area contributed by atoms with Gasteiger partial charge in [0.05, 0.1) is 25.0 Å². The van der Waals surface area contributed by atoms with E-state index in [1.165, 1.54) is 32.1 Å². The number of rotatable bonds is 0. The second-order valence-electron chi connectivity index (χ2n) is 5.08. The first-order valence-electron chi connectivity index (χ1n) is 7.44. The standard InChI is InChI=1S/C16H26O3/c1-15-11-8-6-4-2-3-5-7-9-13-18-14-10-12-16(17)19-15/h9-10,13-15H,2-8,11-12H2,1H3/b13-9+,14-10-. The Kier molecular flexibility index (Phi) is 8.86. The van der Waals surface area contributed by atoms with Gasteiger partial charge >= 0.3 is 5.97 Å². The third kappa shape index (κ3) is 9.34. The molecule has 0 aromatic rings. The van der Waals surface area contributed by atoms with Gasteiger partial charge in [-0.1, -0.05) is 25.7 Å². The van der Waals surface area contributed by atoms with E-state index >= 15 is 0 Å². The highest BCUT2D eigenvalue weighted by molar-refractivity contribution is 5.71. The molecule has 0 aromatic heterocycles. The number of cyclic esters (lactones) is 1. The molecule has 1 heterocycles. The van der Waals surface area contributed by atoms with Gasteiger partial charge in [-0.2, -0.15) is 0 Å². The summed E-state index contributed by atoms with van der Waals surface area (Å²) in [5.74, 6) is -0.180. The van der Waals surface area contributed by atoms with Crippen molar-refractivity contribution in [2.75, 3.05) is 0 Å². The Morgan fingerprint density at radius 3 is 2.53 bits per heavy atom. The quantitative estimate of drug-likeness (QED) is 0.606. The summed E-state index contributed by atoms with van der Waals surface area (Å²) < 4.78 is 10.5. The highest BCUT2D eigenvalue weighted by atomic mass is 16.5. The van der Waals surface area contributed by atoms with E-state index in [9.17, 15) is 4.79 Å². The number of esters is 1. The van der Waals surface area contributed by atoms with Gasteiger partial charge in [0, 0.05) is 0 Å². The van der Waals surface area contributed by atoms with Crippen LogP contribution in [0.25, 0.3) is 0 Å². The molecular weight excluding hydrogens is 240 g/mol. The largest absolute Gasteiger partial charge is 0.473 e. The van der Waals surface area contributed by atoms with Crippen molar-refractivity contribution in [1.82, 2.24) is 0 Å². The molecule has 0 aliphatic carbocycles. The van der Waals surface area contributed by atoms with Gasteiger partial charge in [-0.25, -0.2) is 0 Å². The molecule has 0 fully saturated rings. The van der Waals surface area contributed by atoms with Crippen LogP contribution in [0.1, 0.15) is 64.7 Å². The van der Waals surface area contributed by atoms with Crippen LogP contribution in [-0.2, 0) is 14.3 Å². The van der Waals surface area contributed by atoms with Crippen molar-refractivity contribution in [1.29, 1.82) is 0 Å². The Morgan fingerprint density at radius 2 is 1.68 bits per heavy atom. The van der Waals surface area contributed by atoms with Gasteiger partial charge in [-0.15, -0.1) is 0 Å². The average molecular weight is 266 g/mol. The highest BCUT2D eigenvalue weighted by Crippen LogP contribution is 2.12. The molecule has 108 valence electrons. The maximum absolute atomic E-state index is 11.5.